The zero-order chi connectivity index (χ0) is 17.5. The molecular weight excluding hydrogens is 350 g/mol. The zero-order valence-electron chi connectivity index (χ0n) is 13.9. The number of nitrogens with one attached hydrogen (secondary N) is 1. The maximum absolute atomic E-state index is 12.2. The van der Waals surface area contributed by atoms with E-state index in [1.165, 1.54) is 23.5 Å². The van der Waals surface area contributed by atoms with Gasteiger partial charge in [-0.2, -0.15) is 0 Å². The first kappa shape index (κ1) is 18.1. The van der Waals surface area contributed by atoms with E-state index in [0.29, 0.717) is 10.1 Å². The van der Waals surface area contributed by atoms with Gasteiger partial charge in [0.05, 0.1) is 4.58 Å². The zero-order valence-corrected chi connectivity index (χ0v) is 15.6. The van der Waals surface area contributed by atoms with Crippen LogP contribution in [0.3, 0.4) is 0 Å². The molecule has 5 heteroatoms. The predicted molar refractivity (Wildman–Crippen MR) is 107 cm³/mol. The van der Waals surface area contributed by atoms with Crippen molar-refractivity contribution in [3.05, 3.63) is 65.7 Å². The van der Waals surface area contributed by atoms with Crippen molar-refractivity contribution in [2.45, 2.75) is 23.8 Å². The SMILES string of the molecule is O=C(CCC(=O)c1ccccc1)Nc1cccc(C2SCCCS2)c1. The van der Waals surface area contributed by atoms with Crippen LogP contribution >= 0.6 is 23.5 Å². The minimum Gasteiger partial charge on any atom is -0.326 e. The Hall–Kier alpha value is -1.72. The summed E-state index contributed by atoms with van der Waals surface area (Å²) in [4.78, 5) is 24.2. The molecular formula is C20H21NO2S2. The second kappa shape index (κ2) is 9.11. The molecule has 1 aliphatic rings. The first-order valence-corrected chi connectivity index (χ1v) is 10.5. The lowest BCUT2D eigenvalue weighted by Crippen LogP contribution is -2.13. The van der Waals surface area contributed by atoms with Gasteiger partial charge in [0.25, 0.3) is 0 Å². The van der Waals surface area contributed by atoms with Gasteiger partial charge in [0, 0.05) is 24.1 Å². The van der Waals surface area contributed by atoms with Crippen LogP contribution in [0.5, 0.6) is 0 Å². The molecule has 1 saturated heterocycles. The fraction of sp³-hybridized carbons (Fsp3) is 0.300. The van der Waals surface area contributed by atoms with E-state index in [4.69, 9.17) is 0 Å². The number of hydrogen-bond donors (Lipinski definition) is 1. The van der Waals surface area contributed by atoms with Crippen molar-refractivity contribution in [1.29, 1.82) is 0 Å². The number of amides is 1. The van der Waals surface area contributed by atoms with Crippen LogP contribution in [0.2, 0.25) is 0 Å². The normalized spacial score (nSPS) is 14.9. The summed E-state index contributed by atoms with van der Waals surface area (Å²) in [6, 6.07) is 17.2. The number of hydrogen-bond acceptors (Lipinski definition) is 4. The molecule has 0 unspecified atom stereocenters. The topological polar surface area (TPSA) is 46.2 Å². The Kier molecular flexibility index (Phi) is 6.59. The van der Waals surface area contributed by atoms with Gasteiger partial charge in [-0.15, -0.1) is 23.5 Å². The number of carbonyl (C=O) groups is 2. The van der Waals surface area contributed by atoms with E-state index in [-0.39, 0.29) is 24.5 Å². The number of ketones is 1. The van der Waals surface area contributed by atoms with E-state index in [9.17, 15) is 9.59 Å². The number of rotatable bonds is 6. The molecule has 2 aromatic carbocycles. The Morgan fingerprint density at radius 1 is 0.960 bits per heavy atom. The Balaban J connectivity index is 1.53. The molecule has 2 aromatic rings. The van der Waals surface area contributed by atoms with Gasteiger partial charge >= 0.3 is 0 Å². The average molecular weight is 372 g/mol. The third kappa shape index (κ3) is 5.38. The molecule has 25 heavy (non-hydrogen) atoms. The first-order chi connectivity index (χ1) is 12.2. The Morgan fingerprint density at radius 3 is 2.48 bits per heavy atom. The molecule has 1 heterocycles. The van der Waals surface area contributed by atoms with Crippen molar-refractivity contribution >= 4 is 40.9 Å². The summed E-state index contributed by atoms with van der Waals surface area (Å²) < 4.78 is 0.449. The fourth-order valence-electron chi connectivity index (χ4n) is 2.66. The molecule has 130 valence electrons. The highest BCUT2D eigenvalue weighted by Crippen LogP contribution is 2.44. The van der Waals surface area contributed by atoms with E-state index in [1.54, 1.807) is 12.1 Å². The lowest BCUT2D eigenvalue weighted by Gasteiger charge is -2.21. The lowest BCUT2D eigenvalue weighted by atomic mass is 10.1. The second-order valence-electron chi connectivity index (χ2n) is 5.89. The third-order valence-corrected chi connectivity index (χ3v) is 6.96. The number of anilines is 1. The molecule has 0 bridgehead atoms. The van der Waals surface area contributed by atoms with Crippen LogP contribution in [0.1, 0.15) is 39.8 Å². The van der Waals surface area contributed by atoms with Crippen LogP contribution in [0, 0.1) is 0 Å². The number of benzene rings is 2. The minimum absolute atomic E-state index is 0.000457. The van der Waals surface area contributed by atoms with Crippen molar-refractivity contribution < 1.29 is 9.59 Å². The van der Waals surface area contributed by atoms with Crippen LogP contribution in [-0.4, -0.2) is 23.2 Å². The molecule has 1 N–H and O–H groups in total. The second-order valence-corrected chi connectivity index (χ2v) is 8.61. The molecule has 3 nitrogen and oxygen atoms in total. The van der Waals surface area contributed by atoms with Crippen LogP contribution in [-0.2, 0) is 4.79 Å². The number of Topliss-reactive ketones (excluding diaryl/α,β-unsaturated/α-hetero) is 1. The Bertz CT molecular complexity index is 727. The minimum atomic E-state index is -0.120. The highest BCUT2D eigenvalue weighted by molar-refractivity contribution is 8.16. The van der Waals surface area contributed by atoms with E-state index < -0.39 is 0 Å². The molecule has 0 saturated carbocycles. The molecule has 3 rings (SSSR count). The van der Waals surface area contributed by atoms with E-state index in [2.05, 4.69) is 11.4 Å². The quantitative estimate of drug-likeness (QED) is 0.713. The van der Waals surface area contributed by atoms with Gasteiger partial charge in [0.1, 0.15) is 0 Å². The molecule has 1 fully saturated rings. The van der Waals surface area contributed by atoms with Crippen molar-refractivity contribution in [3.8, 4) is 0 Å². The summed E-state index contributed by atoms with van der Waals surface area (Å²) in [6.45, 7) is 0. The van der Waals surface area contributed by atoms with Crippen molar-refractivity contribution in [2.24, 2.45) is 0 Å². The summed E-state index contributed by atoms with van der Waals surface area (Å²) in [5.41, 5.74) is 2.71. The summed E-state index contributed by atoms with van der Waals surface area (Å²) in [7, 11) is 0. The van der Waals surface area contributed by atoms with Gasteiger partial charge in [-0.1, -0.05) is 42.5 Å². The Labute approximate surface area is 157 Å². The van der Waals surface area contributed by atoms with Gasteiger partial charge in [-0.05, 0) is 35.6 Å². The summed E-state index contributed by atoms with van der Waals surface area (Å²) in [6.07, 6.45) is 1.69. The highest BCUT2D eigenvalue weighted by Gasteiger charge is 2.17. The molecule has 0 aliphatic carbocycles. The maximum Gasteiger partial charge on any atom is 0.224 e. The van der Waals surface area contributed by atoms with Gasteiger partial charge in [0.15, 0.2) is 5.78 Å². The molecule has 0 atom stereocenters. The fourth-order valence-corrected chi connectivity index (χ4v) is 5.54. The van der Waals surface area contributed by atoms with Crippen LogP contribution in [0.25, 0.3) is 0 Å². The summed E-state index contributed by atoms with van der Waals surface area (Å²) in [5, 5.41) is 2.92. The van der Waals surface area contributed by atoms with Gasteiger partial charge in [-0.25, -0.2) is 0 Å². The standard InChI is InChI=1S/C20H21NO2S2/c22-18(15-6-2-1-3-7-15)10-11-19(23)21-17-9-4-8-16(14-17)20-24-12-5-13-25-20/h1-4,6-9,14,20H,5,10-13H2,(H,21,23). The Morgan fingerprint density at radius 2 is 1.72 bits per heavy atom. The van der Waals surface area contributed by atoms with Crippen molar-refractivity contribution in [3.63, 3.8) is 0 Å². The van der Waals surface area contributed by atoms with Crippen molar-refractivity contribution in [1.82, 2.24) is 0 Å². The van der Waals surface area contributed by atoms with E-state index in [0.717, 1.165) is 5.69 Å². The molecule has 1 amide bonds. The summed E-state index contributed by atoms with van der Waals surface area (Å²) >= 11 is 3.92. The molecule has 1 aliphatic heterocycles. The van der Waals surface area contributed by atoms with Crippen molar-refractivity contribution in [2.75, 3.05) is 16.8 Å². The number of carbonyl (C=O) groups excluding carboxylic acids is 2. The summed E-state index contributed by atoms with van der Waals surface area (Å²) in [5.74, 6) is 2.26. The van der Waals surface area contributed by atoms with E-state index in [1.807, 2.05) is 59.9 Å². The molecule has 0 radical (unpaired) electrons. The predicted octanol–water partition coefficient (Wildman–Crippen LogP) is 5.16. The monoisotopic (exact) mass is 371 g/mol. The molecule has 0 aromatic heterocycles. The smallest absolute Gasteiger partial charge is 0.224 e. The van der Waals surface area contributed by atoms with Crippen LogP contribution in [0.4, 0.5) is 5.69 Å². The van der Waals surface area contributed by atoms with E-state index >= 15 is 0 Å². The van der Waals surface area contributed by atoms with Gasteiger partial charge < -0.3 is 5.32 Å². The maximum atomic E-state index is 12.2. The van der Waals surface area contributed by atoms with Gasteiger partial charge in [0.2, 0.25) is 5.91 Å². The van der Waals surface area contributed by atoms with Crippen LogP contribution < -0.4 is 5.32 Å². The third-order valence-electron chi connectivity index (χ3n) is 3.94. The average Bonchev–Trinajstić information content (AvgIpc) is 2.68. The van der Waals surface area contributed by atoms with Gasteiger partial charge in [-0.3, -0.25) is 9.59 Å². The molecule has 0 spiro atoms. The first-order valence-electron chi connectivity index (χ1n) is 8.43. The largest absolute Gasteiger partial charge is 0.326 e. The highest BCUT2D eigenvalue weighted by atomic mass is 32.2. The number of thioether (sulfide) groups is 2. The van der Waals surface area contributed by atoms with Crippen LogP contribution in [0.15, 0.2) is 54.6 Å². The lowest BCUT2D eigenvalue weighted by molar-refractivity contribution is -0.116.